The highest BCUT2D eigenvalue weighted by Crippen LogP contribution is 2.40. The summed E-state index contributed by atoms with van der Waals surface area (Å²) in [6, 6.07) is 58.8. The monoisotopic (exact) mass is 640 g/mol. The molecule has 0 N–H and O–H groups in total. The van der Waals surface area contributed by atoms with E-state index in [0.717, 1.165) is 33.1 Å². The van der Waals surface area contributed by atoms with Crippen LogP contribution in [0.5, 0.6) is 0 Å². The van der Waals surface area contributed by atoms with Gasteiger partial charge in [-0.25, -0.2) is 4.98 Å². The predicted octanol–water partition coefficient (Wildman–Crippen LogP) is 13.0. The topological polar surface area (TPSA) is 25.8 Å². The van der Waals surface area contributed by atoms with Crippen LogP contribution in [-0.4, -0.2) is 9.97 Å². The van der Waals surface area contributed by atoms with Crippen molar-refractivity contribution in [2.45, 2.75) is 0 Å². The van der Waals surface area contributed by atoms with Crippen molar-refractivity contribution >= 4 is 64.1 Å². The molecule has 0 unspecified atom stereocenters. The molecule has 0 aliphatic rings. The average Bonchev–Trinajstić information content (AvgIpc) is 3.56. The Bertz CT molecular complexity index is 2870. The first-order valence-corrected chi connectivity index (χ1v) is 17.4. The van der Waals surface area contributed by atoms with E-state index in [1.807, 2.05) is 17.5 Å². The maximum atomic E-state index is 5.42. The van der Waals surface area contributed by atoms with Crippen LogP contribution in [0, 0.1) is 0 Å². The fourth-order valence-electron chi connectivity index (χ4n) is 7.25. The first-order chi connectivity index (χ1) is 24.3. The van der Waals surface area contributed by atoms with Crippen molar-refractivity contribution in [2.75, 3.05) is 0 Å². The van der Waals surface area contributed by atoms with Crippen LogP contribution in [0.15, 0.2) is 170 Å². The van der Waals surface area contributed by atoms with Crippen LogP contribution in [0.4, 0.5) is 0 Å². The number of aromatic nitrogens is 2. The average molecular weight is 641 g/mol. The molecule has 8 aromatic carbocycles. The van der Waals surface area contributed by atoms with Crippen LogP contribution in [0.2, 0.25) is 0 Å². The third-order valence-corrected chi connectivity index (χ3v) is 10.8. The molecule has 0 spiro atoms. The van der Waals surface area contributed by atoms with Crippen molar-refractivity contribution in [3.63, 3.8) is 0 Å². The number of nitrogens with zero attached hydrogens (tertiary/aromatic N) is 2. The zero-order valence-corrected chi connectivity index (χ0v) is 27.3. The summed E-state index contributed by atoms with van der Waals surface area (Å²) >= 11 is 1.85. The van der Waals surface area contributed by atoms with Crippen LogP contribution in [-0.2, 0) is 0 Å². The maximum Gasteiger partial charge on any atom is 0.0979 e. The van der Waals surface area contributed by atoms with Crippen LogP contribution < -0.4 is 0 Å². The second kappa shape index (κ2) is 11.2. The van der Waals surface area contributed by atoms with E-state index in [2.05, 4.69) is 164 Å². The Morgan fingerprint density at radius 1 is 0.327 bits per heavy atom. The highest BCUT2D eigenvalue weighted by Gasteiger charge is 2.15. The molecule has 0 radical (unpaired) electrons. The summed E-state index contributed by atoms with van der Waals surface area (Å²) in [4.78, 5) is 10.6. The van der Waals surface area contributed by atoms with E-state index in [4.69, 9.17) is 9.97 Å². The number of fused-ring (bicyclic) bond motifs is 9. The maximum absolute atomic E-state index is 5.42. The van der Waals surface area contributed by atoms with E-state index >= 15 is 0 Å². The molecule has 2 heterocycles. The summed E-state index contributed by atoms with van der Waals surface area (Å²) in [5.41, 5.74) is 10.8. The van der Waals surface area contributed by atoms with E-state index in [9.17, 15) is 0 Å². The lowest BCUT2D eigenvalue weighted by Gasteiger charge is -2.14. The lowest BCUT2D eigenvalue weighted by Crippen LogP contribution is -1.93. The molecule has 0 amide bonds. The molecule has 10 rings (SSSR count). The van der Waals surface area contributed by atoms with Crippen molar-refractivity contribution in [1.82, 2.24) is 9.97 Å². The van der Waals surface area contributed by atoms with E-state index in [1.54, 1.807) is 0 Å². The molecule has 0 aliphatic heterocycles. The van der Waals surface area contributed by atoms with Gasteiger partial charge in [0, 0.05) is 36.5 Å². The molecule has 2 aromatic heterocycles. The minimum absolute atomic E-state index is 0.862. The summed E-state index contributed by atoms with van der Waals surface area (Å²) in [5, 5.41) is 7.19. The minimum Gasteiger partial charge on any atom is -0.252 e. The Morgan fingerprint density at radius 3 is 1.59 bits per heavy atom. The van der Waals surface area contributed by atoms with Gasteiger partial charge in [0.25, 0.3) is 0 Å². The zero-order valence-electron chi connectivity index (χ0n) is 26.5. The Kier molecular flexibility index (Phi) is 6.39. The largest absolute Gasteiger partial charge is 0.252 e. The number of hydrogen-bond donors (Lipinski definition) is 0. The molecule has 0 saturated carbocycles. The number of rotatable bonds is 4. The van der Waals surface area contributed by atoms with E-state index in [0.29, 0.717) is 0 Å². The van der Waals surface area contributed by atoms with Gasteiger partial charge in [0.2, 0.25) is 0 Å². The van der Waals surface area contributed by atoms with Gasteiger partial charge < -0.3 is 0 Å². The lowest BCUT2D eigenvalue weighted by atomic mass is 9.93. The molecule has 2 nitrogen and oxygen atoms in total. The van der Waals surface area contributed by atoms with E-state index < -0.39 is 0 Å². The molecule has 0 fully saturated rings. The standard InChI is InChI=1S/C46H28N2S/c1-3-10-29(11-4-1)32-18-21-36-37-22-19-33(30-12-5-2-6-13-30)27-41(37)46-45(40(36)26-32)47-28-42(48-46)35-15-9-14-31(24-35)34-20-23-44-39(25-34)38-16-7-8-17-43(38)49-44/h1-28H. The van der Waals surface area contributed by atoms with Gasteiger partial charge in [0.1, 0.15) is 0 Å². The van der Waals surface area contributed by atoms with Crippen LogP contribution in [0.1, 0.15) is 0 Å². The molecule has 49 heavy (non-hydrogen) atoms. The predicted molar refractivity (Wildman–Crippen MR) is 209 cm³/mol. The first kappa shape index (κ1) is 27.9. The summed E-state index contributed by atoms with van der Waals surface area (Å²) in [6.45, 7) is 0. The van der Waals surface area contributed by atoms with Crippen molar-refractivity contribution < 1.29 is 0 Å². The van der Waals surface area contributed by atoms with Crippen molar-refractivity contribution in [3.8, 4) is 44.6 Å². The van der Waals surface area contributed by atoms with Crippen LogP contribution >= 0.6 is 11.3 Å². The summed E-state index contributed by atoms with van der Waals surface area (Å²) in [7, 11) is 0. The SMILES string of the molecule is c1ccc(-c2ccc3c4ccc(-c5ccccc5)cc4c4nc(-c5cccc(-c6ccc7sc8ccccc8c7c6)c5)cnc4c3c2)cc1. The van der Waals surface area contributed by atoms with Gasteiger partial charge in [-0.3, -0.25) is 4.98 Å². The quantitative estimate of drug-likeness (QED) is 0.179. The molecule has 0 bridgehead atoms. The van der Waals surface area contributed by atoms with E-state index in [-0.39, 0.29) is 0 Å². The van der Waals surface area contributed by atoms with Gasteiger partial charge >= 0.3 is 0 Å². The summed E-state index contributed by atoms with van der Waals surface area (Å²) in [5.74, 6) is 0. The number of benzene rings is 8. The minimum atomic E-state index is 0.862. The number of hydrogen-bond acceptors (Lipinski definition) is 3. The van der Waals surface area contributed by atoms with Crippen molar-refractivity contribution in [1.29, 1.82) is 0 Å². The first-order valence-electron chi connectivity index (χ1n) is 16.6. The van der Waals surface area contributed by atoms with Gasteiger partial charge in [0.15, 0.2) is 0 Å². The Hall–Kier alpha value is -6.16. The fraction of sp³-hybridized carbons (Fsp3) is 0. The summed E-state index contributed by atoms with van der Waals surface area (Å²) < 4.78 is 2.63. The van der Waals surface area contributed by atoms with Gasteiger partial charge in [0.05, 0.1) is 22.9 Å². The zero-order chi connectivity index (χ0) is 32.3. The van der Waals surface area contributed by atoms with E-state index in [1.165, 1.54) is 64.3 Å². The van der Waals surface area contributed by atoms with Gasteiger partial charge in [-0.05, 0) is 80.6 Å². The van der Waals surface area contributed by atoms with Gasteiger partial charge in [-0.2, -0.15) is 0 Å². The molecular formula is C46H28N2S. The molecule has 0 atom stereocenters. The van der Waals surface area contributed by atoms with Gasteiger partial charge in [-0.1, -0.05) is 127 Å². The number of thiophene rings is 1. The Labute approximate surface area is 287 Å². The Balaban J connectivity index is 1.17. The second-order valence-electron chi connectivity index (χ2n) is 12.6. The smallest absolute Gasteiger partial charge is 0.0979 e. The third kappa shape index (κ3) is 4.70. The Morgan fingerprint density at radius 2 is 0.857 bits per heavy atom. The lowest BCUT2D eigenvalue weighted by molar-refractivity contribution is 1.31. The highest BCUT2D eigenvalue weighted by molar-refractivity contribution is 7.25. The van der Waals surface area contributed by atoms with Crippen LogP contribution in [0.25, 0.3) is 97.4 Å². The summed E-state index contributed by atoms with van der Waals surface area (Å²) in [6.07, 6.45) is 1.94. The molecule has 228 valence electrons. The van der Waals surface area contributed by atoms with Crippen molar-refractivity contribution in [3.05, 3.63) is 170 Å². The molecular weight excluding hydrogens is 613 g/mol. The molecule has 10 aromatic rings. The highest BCUT2D eigenvalue weighted by atomic mass is 32.1. The third-order valence-electron chi connectivity index (χ3n) is 9.69. The van der Waals surface area contributed by atoms with Crippen molar-refractivity contribution in [2.24, 2.45) is 0 Å². The fourth-order valence-corrected chi connectivity index (χ4v) is 8.33. The second-order valence-corrected chi connectivity index (χ2v) is 13.7. The molecule has 0 saturated heterocycles. The molecule has 0 aliphatic carbocycles. The molecule has 3 heteroatoms. The normalized spacial score (nSPS) is 11.7. The van der Waals surface area contributed by atoms with Crippen LogP contribution in [0.3, 0.4) is 0 Å². The van der Waals surface area contributed by atoms with Gasteiger partial charge in [-0.15, -0.1) is 11.3 Å².